The largest absolute Gasteiger partial charge is 0.384 e. The third kappa shape index (κ3) is 2.71. The number of likely N-dealkylation sites (tertiary alicyclic amines) is 1. The number of halogens is 1. The van der Waals surface area contributed by atoms with Gasteiger partial charge in [-0.3, -0.25) is 4.79 Å². The Hall–Kier alpha value is -1.22. The van der Waals surface area contributed by atoms with Gasteiger partial charge < -0.3 is 10.2 Å². The summed E-state index contributed by atoms with van der Waals surface area (Å²) in [6.07, 6.45) is 3.38. The summed E-state index contributed by atoms with van der Waals surface area (Å²) in [5.41, 5.74) is 3.33. The molecule has 0 aliphatic carbocycles. The highest BCUT2D eigenvalue weighted by molar-refractivity contribution is 5.95. The molecule has 1 aromatic rings. The molecule has 0 spiro atoms. The van der Waals surface area contributed by atoms with Crippen molar-refractivity contribution in [2.75, 3.05) is 25.0 Å². The summed E-state index contributed by atoms with van der Waals surface area (Å²) in [5.74, 6) is 0.908. The molecule has 3 nitrogen and oxygen atoms in total. The van der Waals surface area contributed by atoms with Gasteiger partial charge in [0.05, 0.1) is 0 Å². The zero-order valence-electron chi connectivity index (χ0n) is 11.3. The Bertz CT molecular complexity index is 475. The Kier molecular flexibility index (Phi) is 4.35. The first-order chi connectivity index (χ1) is 8.78. The molecule has 1 atom stereocenters. The number of fused-ring (bicyclic) bond motifs is 1. The van der Waals surface area contributed by atoms with Crippen LogP contribution < -0.4 is 5.32 Å². The highest BCUT2D eigenvalue weighted by Gasteiger charge is 2.26. The van der Waals surface area contributed by atoms with Gasteiger partial charge in [0, 0.05) is 30.9 Å². The highest BCUT2D eigenvalue weighted by Crippen LogP contribution is 2.25. The van der Waals surface area contributed by atoms with Gasteiger partial charge in [-0.1, -0.05) is 13.3 Å². The van der Waals surface area contributed by atoms with Gasteiger partial charge in [-0.2, -0.15) is 0 Å². The summed E-state index contributed by atoms with van der Waals surface area (Å²) in [6, 6.07) is 6.07. The van der Waals surface area contributed by atoms with Crippen LogP contribution >= 0.6 is 12.4 Å². The van der Waals surface area contributed by atoms with E-state index in [4.69, 9.17) is 0 Å². The van der Waals surface area contributed by atoms with E-state index in [2.05, 4.69) is 18.3 Å². The van der Waals surface area contributed by atoms with Crippen LogP contribution in [-0.4, -0.2) is 30.4 Å². The van der Waals surface area contributed by atoms with E-state index in [9.17, 15) is 4.79 Å². The van der Waals surface area contributed by atoms with Gasteiger partial charge in [-0.25, -0.2) is 0 Å². The van der Waals surface area contributed by atoms with Crippen molar-refractivity contribution < 1.29 is 4.79 Å². The van der Waals surface area contributed by atoms with E-state index in [0.717, 1.165) is 38.0 Å². The minimum absolute atomic E-state index is 0. The van der Waals surface area contributed by atoms with Crippen molar-refractivity contribution in [1.82, 2.24) is 4.90 Å². The number of carbonyl (C=O) groups is 1. The Balaban J connectivity index is 0.00000133. The SMILES string of the molecule is CCC1CCN(C(=O)c2ccc3c(c2)CCN3)C1.Cl. The third-order valence-corrected chi connectivity index (χ3v) is 4.21. The lowest BCUT2D eigenvalue weighted by Gasteiger charge is -2.16. The zero-order chi connectivity index (χ0) is 12.5. The Morgan fingerprint density at radius 3 is 3.05 bits per heavy atom. The molecule has 0 radical (unpaired) electrons. The lowest BCUT2D eigenvalue weighted by atomic mass is 10.1. The summed E-state index contributed by atoms with van der Waals surface area (Å²) in [4.78, 5) is 14.4. The predicted molar refractivity (Wildman–Crippen MR) is 80.2 cm³/mol. The van der Waals surface area contributed by atoms with Crippen LogP contribution in [0, 0.1) is 5.92 Å². The molecule has 3 rings (SSSR count). The van der Waals surface area contributed by atoms with E-state index in [-0.39, 0.29) is 18.3 Å². The van der Waals surface area contributed by atoms with Crippen molar-refractivity contribution in [1.29, 1.82) is 0 Å². The van der Waals surface area contributed by atoms with Crippen LogP contribution in [0.1, 0.15) is 35.7 Å². The Morgan fingerprint density at radius 2 is 2.32 bits per heavy atom. The van der Waals surface area contributed by atoms with Gasteiger partial charge in [-0.05, 0) is 42.5 Å². The van der Waals surface area contributed by atoms with Crippen LogP contribution in [-0.2, 0) is 6.42 Å². The average Bonchev–Trinajstić information content (AvgIpc) is 3.05. The van der Waals surface area contributed by atoms with Crippen LogP contribution in [0.4, 0.5) is 5.69 Å². The predicted octanol–water partition coefficient (Wildman–Crippen LogP) is 2.95. The molecule has 19 heavy (non-hydrogen) atoms. The fourth-order valence-electron chi connectivity index (χ4n) is 2.97. The van der Waals surface area contributed by atoms with Crippen molar-refractivity contribution in [2.24, 2.45) is 5.92 Å². The standard InChI is InChI=1S/C15H20N2O.ClH/c1-2-11-6-8-17(10-11)15(18)13-3-4-14-12(9-13)5-7-16-14;/h3-4,9,11,16H,2,5-8,10H2,1H3;1H. The average molecular weight is 281 g/mol. The van der Waals surface area contributed by atoms with E-state index in [0.29, 0.717) is 5.92 Å². The zero-order valence-corrected chi connectivity index (χ0v) is 12.1. The number of carbonyl (C=O) groups excluding carboxylic acids is 1. The molecule has 4 heteroatoms. The quantitative estimate of drug-likeness (QED) is 0.903. The lowest BCUT2D eigenvalue weighted by molar-refractivity contribution is 0.0787. The fraction of sp³-hybridized carbons (Fsp3) is 0.533. The van der Waals surface area contributed by atoms with E-state index >= 15 is 0 Å². The lowest BCUT2D eigenvalue weighted by Crippen LogP contribution is -2.28. The number of hydrogen-bond donors (Lipinski definition) is 1. The molecular formula is C15H21ClN2O. The molecule has 1 amide bonds. The minimum Gasteiger partial charge on any atom is -0.384 e. The number of nitrogens with one attached hydrogen (secondary N) is 1. The Morgan fingerprint density at radius 1 is 1.47 bits per heavy atom. The number of hydrogen-bond acceptors (Lipinski definition) is 2. The van der Waals surface area contributed by atoms with Crippen molar-refractivity contribution in [3.63, 3.8) is 0 Å². The molecule has 2 aliphatic heterocycles. The van der Waals surface area contributed by atoms with Gasteiger partial charge in [0.2, 0.25) is 0 Å². The molecule has 0 aromatic heterocycles. The number of rotatable bonds is 2. The van der Waals surface area contributed by atoms with Crippen LogP contribution in [0.5, 0.6) is 0 Å². The van der Waals surface area contributed by atoms with Crippen molar-refractivity contribution in [3.8, 4) is 0 Å². The maximum absolute atomic E-state index is 12.4. The third-order valence-electron chi connectivity index (χ3n) is 4.21. The summed E-state index contributed by atoms with van der Waals surface area (Å²) in [5, 5.41) is 3.33. The number of nitrogens with zero attached hydrogens (tertiary/aromatic N) is 1. The molecule has 1 saturated heterocycles. The molecule has 0 saturated carbocycles. The van der Waals surface area contributed by atoms with E-state index in [1.807, 2.05) is 17.0 Å². The molecule has 1 fully saturated rings. The van der Waals surface area contributed by atoms with E-state index in [1.54, 1.807) is 0 Å². The molecule has 2 aliphatic rings. The van der Waals surface area contributed by atoms with Gasteiger partial charge in [0.15, 0.2) is 0 Å². The van der Waals surface area contributed by atoms with Crippen molar-refractivity contribution >= 4 is 24.0 Å². The van der Waals surface area contributed by atoms with Crippen LogP contribution in [0.25, 0.3) is 0 Å². The van der Waals surface area contributed by atoms with Crippen molar-refractivity contribution in [3.05, 3.63) is 29.3 Å². The fourth-order valence-corrected chi connectivity index (χ4v) is 2.97. The number of amides is 1. The molecule has 2 heterocycles. The van der Waals surface area contributed by atoms with Gasteiger partial charge in [0.25, 0.3) is 5.91 Å². The second-order valence-electron chi connectivity index (χ2n) is 5.36. The molecular weight excluding hydrogens is 260 g/mol. The first-order valence-electron chi connectivity index (χ1n) is 6.94. The summed E-state index contributed by atoms with van der Waals surface area (Å²) < 4.78 is 0. The topological polar surface area (TPSA) is 32.3 Å². The van der Waals surface area contributed by atoms with Gasteiger partial charge >= 0.3 is 0 Å². The van der Waals surface area contributed by atoms with E-state index < -0.39 is 0 Å². The van der Waals surface area contributed by atoms with Crippen LogP contribution in [0.3, 0.4) is 0 Å². The second-order valence-corrected chi connectivity index (χ2v) is 5.36. The smallest absolute Gasteiger partial charge is 0.253 e. The molecule has 104 valence electrons. The summed E-state index contributed by atoms with van der Waals surface area (Å²) in [6.45, 7) is 5.06. The summed E-state index contributed by atoms with van der Waals surface area (Å²) in [7, 11) is 0. The summed E-state index contributed by atoms with van der Waals surface area (Å²) >= 11 is 0. The number of anilines is 1. The monoisotopic (exact) mass is 280 g/mol. The minimum atomic E-state index is 0. The van der Waals surface area contributed by atoms with Crippen molar-refractivity contribution in [2.45, 2.75) is 26.2 Å². The molecule has 1 aromatic carbocycles. The van der Waals surface area contributed by atoms with E-state index in [1.165, 1.54) is 17.7 Å². The molecule has 1 unspecified atom stereocenters. The van der Waals surface area contributed by atoms with Gasteiger partial charge in [-0.15, -0.1) is 12.4 Å². The maximum Gasteiger partial charge on any atom is 0.253 e. The first-order valence-corrected chi connectivity index (χ1v) is 6.94. The normalized spacial score (nSPS) is 20.7. The molecule has 0 bridgehead atoms. The van der Waals surface area contributed by atoms with Crippen LogP contribution in [0.15, 0.2) is 18.2 Å². The van der Waals surface area contributed by atoms with Crippen LogP contribution in [0.2, 0.25) is 0 Å². The highest BCUT2D eigenvalue weighted by atomic mass is 35.5. The second kappa shape index (κ2) is 5.83. The first kappa shape index (κ1) is 14.2. The maximum atomic E-state index is 12.4. The van der Waals surface area contributed by atoms with Gasteiger partial charge in [0.1, 0.15) is 0 Å². The number of benzene rings is 1. The Labute approximate surface area is 120 Å². The molecule has 1 N–H and O–H groups in total.